The van der Waals surface area contributed by atoms with Crippen LogP contribution >= 0.6 is 0 Å². The van der Waals surface area contributed by atoms with Crippen molar-refractivity contribution in [3.05, 3.63) is 11.8 Å². The molecule has 6 nitrogen and oxygen atoms in total. The van der Waals surface area contributed by atoms with E-state index in [2.05, 4.69) is 15.5 Å². The SMILES string of the molecule is CC(=O)Nc1cc(C(=O)O)[nH]n1. The van der Waals surface area contributed by atoms with E-state index in [0.29, 0.717) is 0 Å². The van der Waals surface area contributed by atoms with Gasteiger partial charge in [0.25, 0.3) is 0 Å². The van der Waals surface area contributed by atoms with Gasteiger partial charge in [-0.1, -0.05) is 0 Å². The van der Waals surface area contributed by atoms with Crippen LogP contribution in [0.2, 0.25) is 0 Å². The number of amides is 1. The van der Waals surface area contributed by atoms with Crippen LogP contribution in [0.1, 0.15) is 17.4 Å². The zero-order valence-electron chi connectivity index (χ0n) is 6.29. The van der Waals surface area contributed by atoms with Crippen molar-refractivity contribution in [3.8, 4) is 0 Å². The van der Waals surface area contributed by atoms with Crippen LogP contribution < -0.4 is 5.32 Å². The highest BCUT2D eigenvalue weighted by molar-refractivity contribution is 5.90. The van der Waals surface area contributed by atoms with Crippen molar-refractivity contribution in [1.82, 2.24) is 10.2 Å². The summed E-state index contributed by atoms with van der Waals surface area (Å²) in [5.41, 5.74) is -0.0567. The fraction of sp³-hybridized carbons (Fsp3) is 0.167. The number of aromatic carboxylic acids is 1. The van der Waals surface area contributed by atoms with Gasteiger partial charge in [-0.15, -0.1) is 0 Å². The zero-order valence-corrected chi connectivity index (χ0v) is 6.29. The third kappa shape index (κ3) is 1.82. The molecule has 0 aliphatic carbocycles. The maximum absolute atomic E-state index is 10.5. The van der Waals surface area contributed by atoms with Gasteiger partial charge in [-0.05, 0) is 0 Å². The lowest BCUT2D eigenvalue weighted by atomic mass is 10.4. The number of rotatable bonds is 2. The van der Waals surface area contributed by atoms with Crippen molar-refractivity contribution in [2.45, 2.75) is 6.92 Å². The van der Waals surface area contributed by atoms with Crippen LogP contribution in [0.4, 0.5) is 5.82 Å². The van der Waals surface area contributed by atoms with Crippen molar-refractivity contribution < 1.29 is 14.7 Å². The Morgan fingerprint density at radius 1 is 1.67 bits per heavy atom. The first kappa shape index (κ1) is 8.25. The monoisotopic (exact) mass is 169 g/mol. The smallest absolute Gasteiger partial charge is 0.353 e. The molecular weight excluding hydrogens is 162 g/mol. The van der Waals surface area contributed by atoms with E-state index in [9.17, 15) is 9.59 Å². The van der Waals surface area contributed by atoms with Gasteiger partial charge in [0.1, 0.15) is 5.69 Å². The molecule has 0 bridgehead atoms. The minimum atomic E-state index is -1.11. The Bertz CT molecular complexity index is 318. The summed E-state index contributed by atoms with van der Waals surface area (Å²) in [7, 11) is 0. The second kappa shape index (κ2) is 3.04. The van der Waals surface area contributed by atoms with Crippen LogP contribution in [0.3, 0.4) is 0 Å². The lowest BCUT2D eigenvalue weighted by Gasteiger charge is -1.91. The molecule has 6 heteroatoms. The second-order valence-corrected chi connectivity index (χ2v) is 2.15. The summed E-state index contributed by atoms with van der Waals surface area (Å²) in [6.45, 7) is 1.31. The molecule has 0 aliphatic rings. The summed E-state index contributed by atoms with van der Waals surface area (Å²) in [6.07, 6.45) is 0. The number of carboxylic acids is 1. The maximum Gasteiger partial charge on any atom is 0.353 e. The van der Waals surface area contributed by atoms with E-state index in [1.165, 1.54) is 13.0 Å². The molecule has 0 atom stereocenters. The molecule has 0 spiro atoms. The Morgan fingerprint density at radius 3 is 2.75 bits per heavy atom. The number of H-pyrrole nitrogens is 1. The molecule has 0 saturated heterocycles. The highest BCUT2D eigenvalue weighted by atomic mass is 16.4. The molecular formula is C6H7N3O3. The number of aromatic amines is 1. The van der Waals surface area contributed by atoms with Crippen LogP contribution in [-0.4, -0.2) is 27.2 Å². The maximum atomic E-state index is 10.5. The molecule has 0 fully saturated rings. The van der Waals surface area contributed by atoms with Crippen LogP contribution in [0.25, 0.3) is 0 Å². The average Bonchev–Trinajstić information content (AvgIpc) is 2.34. The minimum absolute atomic E-state index is 0.0567. The third-order valence-electron chi connectivity index (χ3n) is 1.11. The lowest BCUT2D eigenvalue weighted by molar-refractivity contribution is -0.114. The first-order valence-electron chi connectivity index (χ1n) is 3.16. The Hall–Kier alpha value is -1.85. The van der Waals surface area contributed by atoms with E-state index >= 15 is 0 Å². The van der Waals surface area contributed by atoms with Gasteiger partial charge >= 0.3 is 5.97 Å². The van der Waals surface area contributed by atoms with Gasteiger partial charge < -0.3 is 10.4 Å². The van der Waals surface area contributed by atoms with Gasteiger partial charge in [0.15, 0.2) is 5.82 Å². The molecule has 0 aromatic carbocycles. The Balaban J connectivity index is 2.77. The van der Waals surface area contributed by atoms with E-state index in [4.69, 9.17) is 5.11 Å². The second-order valence-electron chi connectivity index (χ2n) is 2.15. The summed E-state index contributed by atoms with van der Waals surface area (Å²) < 4.78 is 0. The van der Waals surface area contributed by atoms with Crippen molar-refractivity contribution in [2.24, 2.45) is 0 Å². The molecule has 12 heavy (non-hydrogen) atoms. The molecule has 1 aromatic rings. The number of carboxylic acid groups (broad SMARTS) is 1. The average molecular weight is 169 g/mol. The van der Waals surface area contributed by atoms with Gasteiger partial charge in [0.2, 0.25) is 5.91 Å². The molecule has 64 valence electrons. The van der Waals surface area contributed by atoms with Gasteiger partial charge in [0, 0.05) is 13.0 Å². The van der Waals surface area contributed by atoms with Crippen molar-refractivity contribution in [2.75, 3.05) is 5.32 Å². The van der Waals surface area contributed by atoms with E-state index < -0.39 is 5.97 Å². The molecule has 0 unspecified atom stereocenters. The minimum Gasteiger partial charge on any atom is -0.477 e. The number of carbonyl (C=O) groups excluding carboxylic acids is 1. The molecule has 0 radical (unpaired) electrons. The molecule has 0 aliphatic heterocycles. The van der Waals surface area contributed by atoms with Gasteiger partial charge in [-0.2, -0.15) is 5.10 Å². The highest BCUT2D eigenvalue weighted by Crippen LogP contribution is 2.04. The van der Waals surface area contributed by atoms with Crippen molar-refractivity contribution >= 4 is 17.7 Å². The molecule has 1 heterocycles. The quantitative estimate of drug-likeness (QED) is 0.583. The molecule has 1 aromatic heterocycles. The molecule has 0 saturated carbocycles. The van der Waals surface area contributed by atoms with E-state index in [0.717, 1.165) is 0 Å². The molecule has 1 rings (SSSR count). The van der Waals surface area contributed by atoms with Crippen LogP contribution in [0.15, 0.2) is 6.07 Å². The topological polar surface area (TPSA) is 95.1 Å². The van der Waals surface area contributed by atoms with Crippen LogP contribution in [-0.2, 0) is 4.79 Å². The fourth-order valence-corrected chi connectivity index (χ4v) is 0.676. The standard InChI is InChI=1S/C6H7N3O3/c1-3(10)7-5-2-4(6(11)12)8-9-5/h2H,1H3,(H,11,12)(H2,7,8,9,10). The number of nitrogens with zero attached hydrogens (tertiary/aromatic N) is 1. The van der Waals surface area contributed by atoms with E-state index in [-0.39, 0.29) is 17.4 Å². The Labute approximate surface area is 67.6 Å². The summed E-state index contributed by atoms with van der Waals surface area (Å²) in [6, 6.07) is 1.24. The zero-order chi connectivity index (χ0) is 9.14. The largest absolute Gasteiger partial charge is 0.477 e. The van der Waals surface area contributed by atoms with Crippen LogP contribution in [0.5, 0.6) is 0 Å². The van der Waals surface area contributed by atoms with Gasteiger partial charge in [-0.25, -0.2) is 4.79 Å². The molecule has 3 N–H and O–H groups in total. The summed E-state index contributed by atoms with van der Waals surface area (Å²) in [4.78, 5) is 20.8. The van der Waals surface area contributed by atoms with Gasteiger partial charge in [0.05, 0.1) is 0 Å². The van der Waals surface area contributed by atoms with E-state index in [1.807, 2.05) is 0 Å². The number of anilines is 1. The van der Waals surface area contributed by atoms with Crippen LogP contribution in [0, 0.1) is 0 Å². The predicted molar refractivity (Wildman–Crippen MR) is 39.9 cm³/mol. The fourth-order valence-electron chi connectivity index (χ4n) is 0.676. The first-order chi connectivity index (χ1) is 5.59. The summed E-state index contributed by atoms with van der Waals surface area (Å²) >= 11 is 0. The highest BCUT2D eigenvalue weighted by Gasteiger charge is 2.07. The van der Waals surface area contributed by atoms with Crippen molar-refractivity contribution in [3.63, 3.8) is 0 Å². The van der Waals surface area contributed by atoms with Crippen molar-refractivity contribution in [1.29, 1.82) is 0 Å². The third-order valence-corrected chi connectivity index (χ3v) is 1.11. The number of nitrogens with one attached hydrogen (secondary N) is 2. The van der Waals surface area contributed by atoms with E-state index in [1.54, 1.807) is 0 Å². The number of carbonyl (C=O) groups is 2. The number of hydrogen-bond donors (Lipinski definition) is 3. The normalized spacial score (nSPS) is 9.42. The first-order valence-corrected chi connectivity index (χ1v) is 3.16. The molecule has 1 amide bonds. The van der Waals surface area contributed by atoms with Gasteiger partial charge in [-0.3, -0.25) is 9.89 Å². The Morgan fingerprint density at radius 2 is 2.33 bits per heavy atom. The lowest BCUT2D eigenvalue weighted by Crippen LogP contribution is -2.05. The number of aromatic nitrogens is 2. The predicted octanol–water partition coefficient (Wildman–Crippen LogP) is 0.0663. The number of hydrogen-bond acceptors (Lipinski definition) is 3. The Kier molecular flexibility index (Phi) is 2.09. The summed E-state index contributed by atoms with van der Waals surface area (Å²) in [5, 5.41) is 16.6. The summed E-state index contributed by atoms with van der Waals surface area (Å²) in [5.74, 6) is -1.20.